The van der Waals surface area contributed by atoms with Crippen molar-refractivity contribution >= 4 is 90.0 Å². The van der Waals surface area contributed by atoms with Crippen molar-refractivity contribution in [2.45, 2.75) is 96.9 Å². The molecule has 0 saturated carbocycles. The summed E-state index contributed by atoms with van der Waals surface area (Å²) < 4.78 is 8.03. The van der Waals surface area contributed by atoms with E-state index in [0.717, 1.165) is 33.8 Å². The van der Waals surface area contributed by atoms with Crippen LogP contribution in [0.1, 0.15) is 123 Å². The molecule has 0 bridgehead atoms. The van der Waals surface area contributed by atoms with E-state index in [1.807, 2.05) is 45.3 Å². The van der Waals surface area contributed by atoms with Gasteiger partial charge in [0.25, 0.3) is 0 Å². The molecule has 0 amide bonds. The van der Waals surface area contributed by atoms with Gasteiger partial charge in [-0.3, -0.25) is 0 Å². The first-order chi connectivity index (χ1) is 25.6. The van der Waals surface area contributed by atoms with Gasteiger partial charge in [0.15, 0.2) is 0 Å². The van der Waals surface area contributed by atoms with Gasteiger partial charge >= 0.3 is 0 Å². The third-order valence-corrected chi connectivity index (χ3v) is 14.4. The molecule has 0 saturated heterocycles. The van der Waals surface area contributed by atoms with Gasteiger partial charge in [0, 0.05) is 59.0 Å². The molecule has 0 aliphatic rings. The Hall–Kier alpha value is -3.62. The van der Waals surface area contributed by atoms with E-state index in [2.05, 4.69) is 116 Å². The Labute approximate surface area is 325 Å². The van der Waals surface area contributed by atoms with E-state index in [1.165, 1.54) is 121 Å². The van der Waals surface area contributed by atoms with Crippen molar-refractivity contribution in [1.29, 1.82) is 0 Å². The molecule has 1 unspecified atom stereocenters. The van der Waals surface area contributed by atoms with Crippen molar-refractivity contribution in [3.8, 4) is 23.7 Å². The molecule has 0 radical (unpaired) electrons. The monoisotopic (exact) mass is 756 g/mol. The van der Waals surface area contributed by atoms with E-state index in [1.54, 1.807) is 0 Å². The molecule has 7 rings (SSSR count). The molecule has 0 fully saturated rings. The van der Waals surface area contributed by atoms with Crippen LogP contribution in [0.5, 0.6) is 0 Å². The lowest BCUT2D eigenvalue weighted by Crippen LogP contribution is -2.09. The van der Waals surface area contributed by atoms with Crippen molar-refractivity contribution in [2.75, 3.05) is 11.9 Å². The third kappa shape index (κ3) is 9.11. The molecule has 4 aromatic heterocycles. The fourth-order valence-electron chi connectivity index (χ4n) is 6.75. The Balaban J connectivity index is 1.01. The van der Waals surface area contributed by atoms with Crippen LogP contribution in [0.3, 0.4) is 0 Å². The molecule has 6 heteroatoms. The van der Waals surface area contributed by atoms with Gasteiger partial charge in [0.05, 0.1) is 19.2 Å². The number of unbranched alkanes of at least 4 members (excludes halogenated alkanes) is 9. The van der Waals surface area contributed by atoms with Crippen molar-refractivity contribution in [3.05, 3.63) is 99.2 Å². The number of hydrogen-bond donors (Lipinski definition) is 2. The molecule has 2 nitrogen and oxygen atoms in total. The normalized spacial score (nSPS) is 12.0. The Bertz CT molecular complexity index is 2360. The van der Waals surface area contributed by atoms with Gasteiger partial charge in [-0.2, -0.15) is 0 Å². The number of nitrogens with one attached hydrogen (secondary N) is 1. The van der Waals surface area contributed by atoms with Gasteiger partial charge in [-0.15, -0.1) is 45.3 Å². The second-order valence-corrected chi connectivity index (χ2v) is 18.1. The number of anilines is 1. The maximum atomic E-state index is 6.49. The molecule has 0 aliphatic carbocycles. The van der Waals surface area contributed by atoms with E-state index < -0.39 is 0 Å². The Morgan fingerprint density at radius 2 is 1.06 bits per heavy atom. The van der Waals surface area contributed by atoms with Gasteiger partial charge in [-0.25, -0.2) is 0 Å². The second-order valence-electron chi connectivity index (χ2n) is 13.9. The smallest absolute Gasteiger partial charge is 0.0793 e. The van der Waals surface area contributed by atoms with Gasteiger partial charge in [0.1, 0.15) is 0 Å². The molecule has 4 heterocycles. The molecule has 0 aliphatic heterocycles. The van der Waals surface area contributed by atoms with E-state index >= 15 is 0 Å². The van der Waals surface area contributed by atoms with Crippen molar-refractivity contribution in [3.63, 3.8) is 0 Å². The number of benzene rings is 3. The highest BCUT2D eigenvalue weighted by Crippen LogP contribution is 2.46. The van der Waals surface area contributed by atoms with Crippen LogP contribution in [-0.4, -0.2) is 6.54 Å². The largest absolute Gasteiger partial charge is 0.385 e. The highest BCUT2D eigenvalue weighted by atomic mass is 32.1. The second kappa shape index (κ2) is 17.9. The standard InChI is InChI=1S/C46H48N2S4/c1-3-5-7-9-11-13-27-48-35-23-17-33(18-24-35)20-26-37-29-44-46(50-37)39-30-38-41(31-42(39)52-44)51-43-28-36(49-45(38)43)25-19-32-15-21-34(22-16-32)40(47)14-12-10-8-6-4-2/h15-18,21-24,28-31,40,48H,3-14,27,47H2,1-2H3. The maximum absolute atomic E-state index is 6.49. The summed E-state index contributed by atoms with van der Waals surface area (Å²) in [6.45, 7) is 5.56. The minimum Gasteiger partial charge on any atom is -0.385 e. The SMILES string of the molecule is CCCCCCCCNc1ccc(C#Cc2cc3sc4cc5sc6cc(C#Cc7ccc(C(N)CCCCCCC)cc7)sc6c5cc4c3s2)cc1. The molecule has 3 N–H and O–H groups in total. The van der Waals surface area contributed by atoms with Crippen molar-refractivity contribution < 1.29 is 0 Å². The summed E-state index contributed by atoms with van der Waals surface area (Å²) in [5, 5.41) is 6.24. The Kier molecular flexibility index (Phi) is 12.7. The Morgan fingerprint density at radius 3 is 1.63 bits per heavy atom. The minimum atomic E-state index is 0.107. The zero-order valence-corrected chi connectivity index (χ0v) is 33.7. The molecule has 266 valence electrons. The predicted octanol–water partition coefficient (Wildman–Crippen LogP) is 14.5. The van der Waals surface area contributed by atoms with Gasteiger partial charge in [-0.1, -0.05) is 114 Å². The predicted molar refractivity (Wildman–Crippen MR) is 235 cm³/mol. The summed E-state index contributed by atoms with van der Waals surface area (Å²) in [6, 6.07) is 26.6. The van der Waals surface area contributed by atoms with E-state index in [-0.39, 0.29) is 6.04 Å². The van der Waals surface area contributed by atoms with Crippen LogP contribution in [-0.2, 0) is 0 Å². The molecular weight excluding hydrogens is 709 g/mol. The zero-order valence-electron chi connectivity index (χ0n) is 30.4. The van der Waals surface area contributed by atoms with E-state index in [4.69, 9.17) is 5.73 Å². The topological polar surface area (TPSA) is 38.0 Å². The van der Waals surface area contributed by atoms with Crippen molar-refractivity contribution in [1.82, 2.24) is 0 Å². The number of hydrogen-bond acceptors (Lipinski definition) is 6. The molecular formula is C46H48N2S4. The van der Waals surface area contributed by atoms with Crippen LogP contribution in [0, 0.1) is 23.7 Å². The average Bonchev–Trinajstić information content (AvgIpc) is 3.92. The average molecular weight is 757 g/mol. The van der Waals surface area contributed by atoms with Crippen LogP contribution in [0.25, 0.3) is 39.0 Å². The number of fused-ring (bicyclic) bond motifs is 6. The minimum absolute atomic E-state index is 0.107. The quantitative estimate of drug-likeness (QED) is 0.0807. The number of nitrogens with two attached hydrogens (primary N) is 1. The highest BCUT2D eigenvalue weighted by Gasteiger charge is 2.15. The fourth-order valence-corrected chi connectivity index (χ4v) is 11.6. The summed E-state index contributed by atoms with van der Waals surface area (Å²) in [4.78, 5) is 2.23. The highest BCUT2D eigenvalue weighted by molar-refractivity contribution is 7.34. The fraction of sp³-hybridized carbons (Fsp3) is 0.348. The summed E-state index contributed by atoms with van der Waals surface area (Å²) in [6.07, 6.45) is 15.4. The van der Waals surface area contributed by atoms with Crippen LogP contribution < -0.4 is 11.1 Å². The summed E-state index contributed by atoms with van der Waals surface area (Å²) in [7, 11) is 0. The van der Waals surface area contributed by atoms with Crippen LogP contribution in [0.4, 0.5) is 5.69 Å². The first-order valence-electron chi connectivity index (χ1n) is 19.1. The van der Waals surface area contributed by atoms with Gasteiger partial charge in [0.2, 0.25) is 0 Å². The lowest BCUT2D eigenvalue weighted by atomic mass is 9.99. The van der Waals surface area contributed by atoms with Crippen LogP contribution in [0.15, 0.2) is 72.8 Å². The lowest BCUT2D eigenvalue weighted by molar-refractivity contribution is 0.555. The summed E-state index contributed by atoms with van der Waals surface area (Å²) in [5.74, 6) is 13.7. The number of rotatable bonds is 15. The molecule has 52 heavy (non-hydrogen) atoms. The summed E-state index contributed by atoms with van der Waals surface area (Å²) >= 11 is 7.38. The summed E-state index contributed by atoms with van der Waals surface area (Å²) in [5.41, 5.74) is 11.0. The first-order valence-corrected chi connectivity index (χ1v) is 22.4. The molecule has 1 atom stereocenters. The van der Waals surface area contributed by atoms with Gasteiger partial charge in [-0.05, 0) is 79.1 Å². The number of thiophene rings is 4. The van der Waals surface area contributed by atoms with Crippen molar-refractivity contribution in [2.24, 2.45) is 5.73 Å². The Morgan fingerprint density at radius 1 is 0.538 bits per heavy atom. The van der Waals surface area contributed by atoms with E-state index in [9.17, 15) is 0 Å². The van der Waals surface area contributed by atoms with Gasteiger partial charge < -0.3 is 11.1 Å². The first kappa shape index (κ1) is 36.7. The maximum Gasteiger partial charge on any atom is 0.0793 e. The molecule has 0 spiro atoms. The molecule has 7 aromatic rings. The third-order valence-electron chi connectivity index (χ3n) is 9.77. The van der Waals surface area contributed by atoms with E-state index in [0.29, 0.717) is 0 Å². The zero-order chi connectivity index (χ0) is 35.7. The molecule has 3 aromatic carbocycles. The lowest BCUT2D eigenvalue weighted by Gasteiger charge is -2.11. The van der Waals surface area contributed by atoms with Crippen LogP contribution in [0.2, 0.25) is 0 Å². The van der Waals surface area contributed by atoms with Crippen LogP contribution >= 0.6 is 45.3 Å².